The van der Waals surface area contributed by atoms with Crippen molar-refractivity contribution in [2.45, 2.75) is 24.5 Å². The molecule has 1 amide bonds. The highest BCUT2D eigenvalue weighted by molar-refractivity contribution is 6.32. The second kappa shape index (κ2) is 6.72. The van der Waals surface area contributed by atoms with Crippen molar-refractivity contribution in [2.24, 2.45) is 29.4 Å². The maximum absolute atomic E-state index is 14.3. The second-order valence-corrected chi connectivity index (χ2v) is 8.58. The molecule has 11 heteroatoms. The van der Waals surface area contributed by atoms with Gasteiger partial charge in [0.1, 0.15) is 5.75 Å². The summed E-state index contributed by atoms with van der Waals surface area (Å²) in [5.74, 6) is -12.8. The van der Waals surface area contributed by atoms with E-state index in [-0.39, 0.29) is 18.4 Å². The summed E-state index contributed by atoms with van der Waals surface area (Å²) in [4.78, 5) is 69.0. The van der Waals surface area contributed by atoms with Crippen LogP contribution in [0.5, 0.6) is 5.75 Å². The maximum atomic E-state index is 14.3. The van der Waals surface area contributed by atoms with Gasteiger partial charge in [-0.1, -0.05) is 0 Å². The molecule has 4 N–H and O–H groups in total. The molecule has 0 spiro atoms. The van der Waals surface area contributed by atoms with Gasteiger partial charge in [0, 0.05) is 11.5 Å². The van der Waals surface area contributed by atoms with E-state index in [1.165, 1.54) is 19.0 Å². The number of aromatic hydroxyl groups is 1. The molecule has 1 aromatic rings. The van der Waals surface area contributed by atoms with E-state index in [9.17, 15) is 38.6 Å². The lowest BCUT2D eigenvalue weighted by molar-refractivity contribution is -0.181. The average molecular weight is 433 g/mol. The number of aliphatic hydroxyl groups is 1. The molecule has 0 aliphatic heterocycles. The molecule has 0 aromatic carbocycles. The van der Waals surface area contributed by atoms with Gasteiger partial charge in [0.05, 0.1) is 23.7 Å². The predicted molar refractivity (Wildman–Crippen MR) is 99.1 cm³/mol. The summed E-state index contributed by atoms with van der Waals surface area (Å²) in [6.45, 7) is 0. The Morgan fingerprint density at radius 3 is 2.48 bits per heavy atom. The third-order valence-corrected chi connectivity index (χ3v) is 6.76. The number of carbonyl (C=O) groups excluding carboxylic acids is 5. The van der Waals surface area contributed by atoms with Crippen molar-refractivity contribution < 1.29 is 38.6 Å². The van der Waals surface area contributed by atoms with Crippen molar-refractivity contribution in [2.75, 3.05) is 14.1 Å². The second-order valence-electron chi connectivity index (χ2n) is 8.58. The van der Waals surface area contributed by atoms with Crippen LogP contribution in [0.2, 0.25) is 0 Å². The van der Waals surface area contributed by atoms with E-state index in [2.05, 4.69) is 4.98 Å². The van der Waals surface area contributed by atoms with E-state index in [4.69, 9.17) is 5.73 Å². The van der Waals surface area contributed by atoms with Gasteiger partial charge in [0.2, 0.25) is 11.9 Å². The predicted octanol–water partition coefficient (Wildman–Crippen LogP) is -1.60. The summed E-state index contributed by atoms with van der Waals surface area (Å²) >= 11 is 0. The molecule has 2 unspecified atom stereocenters. The highest BCUT2D eigenvalue weighted by Crippen LogP contribution is 2.50. The number of rotatable bonds is 2. The number of ketones is 4. The number of carbonyl (C=O) groups is 5. The molecule has 0 radical (unpaired) electrons. The lowest BCUT2D eigenvalue weighted by Gasteiger charge is -2.52. The Morgan fingerprint density at radius 1 is 1.26 bits per heavy atom. The first-order valence-electron chi connectivity index (χ1n) is 9.63. The number of nitrogens with two attached hydrogens (primary N) is 1. The molecule has 6 atom stereocenters. The third kappa shape index (κ3) is 2.62. The van der Waals surface area contributed by atoms with Crippen LogP contribution in [0.25, 0.3) is 0 Å². The van der Waals surface area contributed by atoms with E-state index in [1.54, 1.807) is 0 Å². The number of nitrogens with zero attached hydrogens (tertiary/aromatic N) is 2. The van der Waals surface area contributed by atoms with Gasteiger partial charge in [-0.15, -0.1) is 0 Å². The Bertz CT molecular complexity index is 1070. The molecular formula is C20H20FN3O7. The standard InChI is InChI=1S/C20H20FN3O7/c1-24(2)13-8-4-6-3-7-11(9(25)5-23-18(7)21)14(26)10(6)16(28)20(8,31)17(29)12(15(13)27)19(22)30/h5-6,8,10,12-13,25,31H,3-4H2,1-2H3,(H2,22,30)/t6-,8-,10?,12?,13-,20-/m0/s1. The van der Waals surface area contributed by atoms with Crippen LogP contribution in [0.4, 0.5) is 4.39 Å². The summed E-state index contributed by atoms with van der Waals surface area (Å²) in [7, 11) is 2.96. The summed E-state index contributed by atoms with van der Waals surface area (Å²) < 4.78 is 14.3. The number of pyridine rings is 1. The first-order valence-corrected chi connectivity index (χ1v) is 9.63. The van der Waals surface area contributed by atoms with Gasteiger partial charge in [0.25, 0.3) is 0 Å². The number of amides is 1. The topological polar surface area (TPSA) is 168 Å². The highest BCUT2D eigenvalue weighted by atomic mass is 19.1. The molecule has 3 aliphatic rings. The molecule has 3 aliphatic carbocycles. The maximum Gasteiger partial charge on any atom is 0.235 e. The SMILES string of the molecule is CN(C)[C@@H]1C(=O)C(C(N)=O)C(=O)[C@@]2(O)C(=O)C3C(=O)c4c(O)cnc(F)c4C[C@H]3C[C@@H]12. The Balaban J connectivity index is 1.88. The zero-order chi connectivity index (χ0) is 23.0. The Labute approximate surface area is 175 Å². The number of likely N-dealkylation sites (N-methyl/N-ethyl adjacent to an activating group) is 1. The smallest absolute Gasteiger partial charge is 0.235 e. The van der Waals surface area contributed by atoms with Crippen molar-refractivity contribution >= 4 is 29.0 Å². The Morgan fingerprint density at radius 2 is 1.90 bits per heavy atom. The molecule has 10 nitrogen and oxygen atoms in total. The highest BCUT2D eigenvalue weighted by Gasteiger charge is 2.69. The fourth-order valence-corrected chi connectivity index (χ4v) is 5.46. The number of primary amides is 1. The molecule has 0 saturated heterocycles. The molecule has 0 bridgehead atoms. The van der Waals surface area contributed by atoms with Crippen molar-refractivity contribution in [3.05, 3.63) is 23.3 Å². The average Bonchev–Trinajstić information content (AvgIpc) is 2.67. The minimum atomic E-state index is -2.79. The molecule has 2 saturated carbocycles. The summed E-state index contributed by atoms with van der Waals surface area (Å²) in [5, 5.41) is 21.4. The number of hydrogen-bond donors (Lipinski definition) is 3. The van der Waals surface area contributed by atoms with Crippen molar-refractivity contribution in [3.8, 4) is 5.75 Å². The molecule has 1 aromatic heterocycles. The van der Waals surface area contributed by atoms with E-state index in [0.29, 0.717) is 0 Å². The summed E-state index contributed by atoms with van der Waals surface area (Å²) in [6, 6.07) is -1.20. The van der Waals surface area contributed by atoms with Crippen LogP contribution in [-0.4, -0.2) is 74.9 Å². The molecule has 2 fully saturated rings. The normalized spacial score (nSPS) is 34.9. The van der Waals surface area contributed by atoms with E-state index in [1.807, 2.05) is 0 Å². The summed E-state index contributed by atoms with van der Waals surface area (Å²) in [6.07, 6.45) is 0.449. The van der Waals surface area contributed by atoms with Gasteiger partial charge in [0.15, 0.2) is 34.7 Å². The lowest BCUT2D eigenvalue weighted by Crippen LogP contribution is -2.74. The summed E-state index contributed by atoms with van der Waals surface area (Å²) in [5.41, 5.74) is 1.86. The van der Waals surface area contributed by atoms with Crippen LogP contribution in [-0.2, 0) is 25.6 Å². The van der Waals surface area contributed by atoms with Crippen molar-refractivity contribution in [1.29, 1.82) is 0 Å². The van der Waals surface area contributed by atoms with Gasteiger partial charge in [-0.3, -0.25) is 28.9 Å². The van der Waals surface area contributed by atoms with Crippen LogP contribution in [0.3, 0.4) is 0 Å². The van der Waals surface area contributed by atoms with Gasteiger partial charge in [-0.25, -0.2) is 4.98 Å². The van der Waals surface area contributed by atoms with E-state index < -0.39 is 81.6 Å². The zero-order valence-electron chi connectivity index (χ0n) is 16.7. The first-order chi connectivity index (χ1) is 14.4. The minimum absolute atomic E-state index is 0.140. The lowest BCUT2D eigenvalue weighted by atomic mass is 9.52. The van der Waals surface area contributed by atoms with Gasteiger partial charge >= 0.3 is 0 Å². The van der Waals surface area contributed by atoms with Crippen LogP contribution in [0.15, 0.2) is 6.20 Å². The third-order valence-electron chi connectivity index (χ3n) is 6.76. The van der Waals surface area contributed by atoms with Gasteiger partial charge in [-0.05, 0) is 32.9 Å². The molecule has 4 rings (SSSR count). The van der Waals surface area contributed by atoms with Gasteiger partial charge in [-0.2, -0.15) is 4.39 Å². The largest absolute Gasteiger partial charge is 0.506 e. The monoisotopic (exact) mass is 433 g/mol. The van der Waals surface area contributed by atoms with Crippen molar-refractivity contribution in [3.63, 3.8) is 0 Å². The quantitative estimate of drug-likeness (QED) is 0.367. The van der Waals surface area contributed by atoms with Gasteiger partial charge < -0.3 is 15.9 Å². The van der Waals surface area contributed by atoms with Crippen LogP contribution in [0.1, 0.15) is 22.3 Å². The number of hydrogen-bond acceptors (Lipinski definition) is 9. The van der Waals surface area contributed by atoms with Crippen LogP contribution in [0, 0.1) is 29.6 Å². The fraction of sp³-hybridized carbons (Fsp3) is 0.500. The fourth-order valence-electron chi connectivity index (χ4n) is 5.46. The first kappa shape index (κ1) is 21.2. The number of Topliss-reactive ketones (excluding diaryl/α,β-unsaturated/α-hetero) is 4. The van der Waals surface area contributed by atoms with E-state index >= 15 is 0 Å². The Kier molecular flexibility index (Phi) is 4.60. The minimum Gasteiger partial charge on any atom is -0.506 e. The number of halogens is 1. The van der Waals surface area contributed by atoms with Crippen molar-refractivity contribution in [1.82, 2.24) is 9.88 Å². The Hall–Kier alpha value is -3.05. The van der Waals surface area contributed by atoms with Crippen LogP contribution >= 0.6 is 0 Å². The number of fused-ring (bicyclic) bond motifs is 3. The molecular weight excluding hydrogens is 413 g/mol. The molecule has 31 heavy (non-hydrogen) atoms. The molecule has 164 valence electrons. The molecule has 1 heterocycles. The van der Waals surface area contributed by atoms with Crippen LogP contribution < -0.4 is 5.73 Å². The van der Waals surface area contributed by atoms with E-state index in [0.717, 1.165) is 6.20 Å². The number of aromatic nitrogens is 1. The zero-order valence-corrected chi connectivity index (χ0v) is 16.7.